The van der Waals surface area contributed by atoms with Crippen molar-refractivity contribution in [3.63, 3.8) is 0 Å². The van der Waals surface area contributed by atoms with E-state index >= 15 is 0 Å². The Hall–Kier alpha value is -3.25. The summed E-state index contributed by atoms with van der Waals surface area (Å²) in [6, 6.07) is 16.0. The summed E-state index contributed by atoms with van der Waals surface area (Å²) in [6.45, 7) is 4.05. The number of aryl methyl sites for hydroxylation is 2. The van der Waals surface area contributed by atoms with Gasteiger partial charge in [0.05, 0.1) is 21.8 Å². The highest BCUT2D eigenvalue weighted by molar-refractivity contribution is 7.07. The van der Waals surface area contributed by atoms with Gasteiger partial charge in [-0.2, -0.15) is 0 Å². The molecule has 2 heterocycles. The van der Waals surface area contributed by atoms with Crippen LogP contribution in [0, 0.1) is 13.8 Å². The molecule has 6 heteroatoms. The molecule has 1 aromatic heterocycles. The molecule has 4 rings (SSSR count). The Kier molecular flexibility index (Phi) is 4.35. The number of hydrogen-bond acceptors (Lipinski definition) is 5. The lowest BCUT2D eigenvalue weighted by molar-refractivity contribution is 0.858. The Balaban J connectivity index is 1.95. The van der Waals surface area contributed by atoms with E-state index in [0.29, 0.717) is 20.6 Å². The SMILES string of the molecule is Cc1ccc(/C=c2/sc3n(c2=O)C(N)=C(N)C(c2ccc(C)cc2)C=3N)cc1. The predicted molar refractivity (Wildman–Crippen MR) is 116 cm³/mol. The molecule has 1 aliphatic rings. The molecule has 0 fully saturated rings. The van der Waals surface area contributed by atoms with E-state index in [4.69, 9.17) is 17.2 Å². The molecule has 1 atom stereocenters. The van der Waals surface area contributed by atoms with Crippen LogP contribution >= 0.6 is 11.3 Å². The number of hydrogen-bond donors (Lipinski definition) is 3. The second kappa shape index (κ2) is 6.73. The highest BCUT2D eigenvalue weighted by atomic mass is 32.1. The van der Waals surface area contributed by atoms with Crippen LogP contribution in [0.5, 0.6) is 0 Å². The Morgan fingerprint density at radius 3 is 2.07 bits per heavy atom. The molecule has 28 heavy (non-hydrogen) atoms. The molecule has 0 bridgehead atoms. The van der Waals surface area contributed by atoms with Crippen molar-refractivity contribution in [2.24, 2.45) is 17.2 Å². The summed E-state index contributed by atoms with van der Waals surface area (Å²) in [5, 5.41) is 0. The minimum absolute atomic E-state index is 0.202. The molecule has 142 valence electrons. The van der Waals surface area contributed by atoms with Gasteiger partial charge in [0, 0.05) is 0 Å². The zero-order valence-corrected chi connectivity index (χ0v) is 16.6. The van der Waals surface area contributed by atoms with E-state index in [0.717, 1.165) is 22.3 Å². The number of rotatable bonds is 2. The lowest BCUT2D eigenvalue weighted by Gasteiger charge is -2.24. The van der Waals surface area contributed by atoms with Gasteiger partial charge >= 0.3 is 0 Å². The fraction of sp³-hybridized carbons (Fsp3) is 0.136. The van der Waals surface area contributed by atoms with E-state index in [1.807, 2.05) is 68.5 Å². The fourth-order valence-corrected chi connectivity index (χ4v) is 4.48. The maximum Gasteiger partial charge on any atom is 0.274 e. The first-order valence-electron chi connectivity index (χ1n) is 8.99. The van der Waals surface area contributed by atoms with Crippen molar-refractivity contribution in [1.29, 1.82) is 0 Å². The molecule has 6 N–H and O–H groups in total. The number of nitrogens with zero attached hydrogens (tertiary/aromatic N) is 1. The monoisotopic (exact) mass is 390 g/mol. The van der Waals surface area contributed by atoms with Gasteiger partial charge in [-0.3, -0.25) is 4.79 Å². The molecule has 0 radical (unpaired) electrons. The summed E-state index contributed by atoms with van der Waals surface area (Å²) in [4.78, 5) is 13.0. The number of nitrogens with two attached hydrogens (primary N) is 3. The minimum atomic E-state index is -0.342. The number of benzene rings is 2. The summed E-state index contributed by atoms with van der Waals surface area (Å²) < 4.78 is 2.64. The van der Waals surface area contributed by atoms with Crippen molar-refractivity contribution in [3.05, 3.63) is 96.0 Å². The van der Waals surface area contributed by atoms with Gasteiger partial charge in [-0.25, -0.2) is 4.57 Å². The summed E-state index contributed by atoms with van der Waals surface area (Å²) >= 11 is 1.34. The third-order valence-corrected chi connectivity index (χ3v) is 6.14. The van der Waals surface area contributed by atoms with E-state index in [9.17, 15) is 4.79 Å². The zero-order valence-electron chi connectivity index (χ0n) is 15.8. The van der Waals surface area contributed by atoms with E-state index in [-0.39, 0.29) is 17.3 Å². The van der Waals surface area contributed by atoms with Crippen molar-refractivity contribution in [2.75, 3.05) is 0 Å². The van der Waals surface area contributed by atoms with E-state index < -0.39 is 0 Å². The molecule has 0 saturated heterocycles. The van der Waals surface area contributed by atoms with Gasteiger partial charge in [-0.1, -0.05) is 59.7 Å². The lowest BCUT2D eigenvalue weighted by Crippen LogP contribution is -2.41. The van der Waals surface area contributed by atoms with Crippen LogP contribution in [0.1, 0.15) is 28.2 Å². The van der Waals surface area contributed by atoms with Gasteiger partial charge < -0.3 is 17.2 Å². The van der Waals surface area contributed by atoms with Crippen LogP contribution in [0.4, 0.5) is 0 Å². The van der Waals surface area contributed by atoms with Gasteiger partial charge in [-0.15, -0.1) is 11.3 Å². The Morgan fingerprint density at radius 2 is 1.46 bits per heavy atom. The van der Waals surface area contributed by atoms with Gasteiger partial charge in [0.25, 0.3) is 5.56 Å². The van der Waals surface area contributed by atoms with Crippen LogP contribution in [0.15, 0.2) is 59.0 Å². The van der Waals surface area contributed by atoms with Crippen LogP contribution < -0.4 is 32.0 Å². The van der Waals surface area contributed by atoms with E-state index in [1.165, 1.54) is 15.9 Å². The van der Waals surface area contributed by atoms with Gasteiger partial charge in [0.1, 0.15) is 10.5 Å². The first-order chi connectivity index (χ1) is 13.4. The Morgan fingerprint density at radius 1 is 0.893 bits per heavy atom. The van der Waals surface area contributed by atoms with Crippen molar-refractivity contribution in [1.82, 2.24) is 4.57 Å². The van der Waals surface area contributed by atoms with E-state index in [1.54, 1.807) is 0 Å². The van der Waals surface area contributed by atoms with Crippen molar-refractivity contribution in [2.45, 2.75) is 19.8 Å². The molecule has 0 aliphatic carbocycles. The Bertz CT molecular complexity index is 1260. The summed E-state index contributed by atoms with van der Waals surface area (Å²) in [5.41, 5.74) is 24.1. The first kappa shape index (κ1) is 18.1. The van der Waals surface area contributed by atoms with Gasteiger partial charge in [-0.05, 0) is 31.1 Å². The van der Waals surface area contributed by atoms with Crippen LogP contribution in [0.2, 0.25) is 0 Å². The standard InChI is InChI=1S/C22H22N4OS/c1-12-3-7-14(8-4-12)11-16-21(27)26-20(25)18(23)17(19(24)22(26)28-16)15-9-5-13(2)6-10-15/h3-11,17H,23-25H2,1-2H3/b16-11+. The zero-order chi connectivity index (χ0) is 20.0. The van der Waals surface area contributed by atoms with Crippen LogP contribution in [0.25, 0.3) is 17.6 Å². The highest BCUT2D eigenvalue weighted by Crippen LogP contribution is 2.30. The van der Waals surface area contributed by atoms with Crippen LogP contribution in [-0.4, -0.2) is 4.57 Å². The van der Waals surface area contributed by atoms with Crippen LogP contribution in [0.3, 0.4) is 0 Å². The third kappa shape index (κ3) is 2.92. The largest absolute Gasteiger partial charge is 0.399 e. The molecule has 0 saturated carbocycles. The quantitative estimate of drug-likeness (QED) is 0.613. The van der Waals surface area contributed by atoms with E-state index in [2.05, 4.69) is 0 Å². The average Bonchev–Trinajstić information content (AvgIpc) is 3.00. The molecular weight excluding hydrogens is 368 g/mol. The molecule has 5 nitrogen and oxygen atoms in total. The van der Waals surface area contributed by atoms with Crippen molar-refractivity contribution >= 4 is 28.9 Å². The van der Waals surface area contributed by atoms with Gasteiger partial charge in [0.15, 0.2) is 0 Å². The second-order valence-electron chi connectivity index (χ2n) is 7.11. The highest BCUT2D eigenvalue weighted by Gasteiger charge is 2.28. The first-order valence-corrected chi connectivity index (χ1v) is 9.80. The summed E-state index contributed by atoms with van der Waals surface area (Å²) in [7, 11) is 0. The molecule has 1 aliphatic heterocycles. The molecule has 1 unspecified atom stereocenters. The summed E-state index contributed by atoms with van der Waals surface area (Å²) in [5.74, 6) is -0.0922. The van der Waals surface area contributed by atoms with Crippen molar-refractivity contribution < 1.29 is 0 Å². The Labute approximate surface area is 166 Å². The number of thiazole rings is 1. The minimum Gasteiger partial charge on any atom is -0.399 e. The fourth-order valence-electron chi connectivity index (χ4n) is 3.39. The predicted octanol–water partition coefficient (Wildman–Crippen LogP) is 1.26. The number of aromatic nitrogens is 1. The molecule has 0 amide bonds. The topological polar surface area (TPSA) is 100 Å². The second-order valence-corrected chi connectivity index (χ2v) is 8.14. The smallest absolute Gasteiger partial charge is 0.274 e. The molecule has 3 aromatic rings. The molecule has 0 spiro atoms. The molecular formula is C22H22N4OS. The average molecular weight is 391 g/mol. The third-order valence-electron chi connectivity index (χ3n) is 5.02. The number of fused-ring (bicyclic) bond motifs is 1. The summed E-state index contributed by atoms with van der Waals surface area (Å²) in [6.07, 6.45) is 1.86. The maximum atomic E-state index is 13.0. The normalized spacial score (nSPS) is 17.1. The molecule has 2 aromatic carbocycles. The maximum absolute atomic E-state index is 13.0. The lowest BCUT2D eigenvalue weighted by atomic mass is 9.91. The van der Waals surface area contributed by atoms with Crippen LogP contribution in [-0.2, 0) is 0 Å². The van der Waals surface area contributed by atoms with Crippen molar-refractivity contribution in [3.8, 4) is 0 Å². The van der Waals surface area contributed by atoms with Gasteiger partial charge in [0.2, 0.25) is 0 Å².